The van der Waals surface area contributed by atoms with E-state index in [1.807, 2.05) is 0 Å². The van der Waals surface area contributed by atoms with E-state index in [4.69, 9.17) is 0 Å². The van der Waals surface area contributed by atoms with Gasteiger partial charge in [-0.1, -0.05) is 20.8 Å². The predicted molar refractivity (Wildman–Crippen MR) is 48.3 cm³/mol. The standard InChI is InChI=1S/C9H16N2O/c1-4-5-11-9(12)6-8(10-11)7(2)3/h6-7,12H,4-5H2,1-3H3. The van der Waals surface area contributed by atoms with Gasteiger partial charge in [0.15, 0.2) is 0 Å². The maximum atomic E-state index is 9.41. The molecule has 0 fully saturated rings. The van der Waals surface area contributed by atoms with Crippen molar-refractivity contribution in [1.29, 1.82) is 0 Å². The highest BCUT2D eigenvalue weighted by Gasteiger charge is 2.07. The second kappa shape index (κ2) is 3.61. The summed E-state index contributed by atoms with van der Waals surface area (Å²) in [4.78, 5) is 0. The van der Waals surface area contributed by atoms with Crippen molar-refractivity contribution < 1.29 is 5.11 Å². The molecule has 0 aromatic carbocycles. The molecule has 3 nitrogen and oxygen atoms in total. The number of aromatic hydroxyl groups is 1. The Hall–Kier alpha value is -0.990. The van der Waals surface area contributed by atoms with Crippen LogP contribution in [0.3, 0.4) is 0 Å². The fourth-order valence-corrected chi connectivity index (χ4v) is 1.08. The van der Waals surface area contributed by atoms with Gasteiger partial charge in [-0.3, -0.25) is 0 Å². The summed E-state index contributed by atoms with van der Waals surface area (Å²) in [5.41, 5.74) is 0.959. The van der Waals surface area contributed by atoms with Crippen molar-refractivity contribution >= 4 is 0 Å². The average Bonchev–Trinajstić information content (AvgIpc) is 2.34. The number of hydrogen-bond donors (Lipinski definition) is 1. The fraction of sp³-hybridized carbons (Fsp3) is 0.667. The summed E-state index contributed by atoms with van der Waals surface area (Å²) in [6.45, 7) is 6.99. The molecule has 0 saturated heterocycles. The van der Waals surface area contributed by atoms with E-state index in [-0.39, 0.29) is 5.88 Å². The molecular weight excluding hydrogens is 152 g/mol. The number of hydrogen-bond acceptors (Lipinski definition) is 2. The van der Waals surface area contributed by atoms with Gasteiger partial charge in [0, 0.05) is 12.6 Å². The third-order valence-electron chi connectivity index (χ3n) is 1.80. The van der Waals surface area contributed by atoms with E-state index in [1.165, 1.54) is 0 Å². The van der Waals surface area contributed by atoms with Gasteiger partial charge < -0.3 is 5.11 Å². The molecule has 0 bridgehead atoms. The molecule has 0 spiro atoms. The van der Waals surface area contributed by atoms with Crippen molar-refractivity contribution in [3.8, 4) is 5.88 Å². The van der Waals surface area contributed by atoms with E-state index in [0.717, 1.165) is 18.7 Å². The largest absolute Gasteiger partial charge is 0.493 e. The Bertz CT molecular complexity index is 253. The molecular formula is C9H16N2O. The Morgan fingerprint density at radius 2 is 2.25 bits per heavy atom. The van der Waals surface area contributed by atoms with Gasteiger partial charge >= 0.3 is 0 Å². The van der Waals surface area contributed by atoms with Crippen LogP contribution in [0.15, 0.2) is 6.07 Å². The first-order valence-corrected chi connectivity index (χ1v) is 4.41. The molecule has 1 rings (SSSR count). The highest BCUT2D eigenvalue weighted by atomic mass is 16.3. The normalized spacial score (nSPS) is 11.0. The maximum Gasteiger partial charge on any atom is 0.209 e. The van der Waals surface area contributed by atoms with E-state index in [1.54, 1.807) is 10.7 Å². The lowest BCUT2D eigenvalue weighted by Gasteiger charge is -1.99. The summed E-state index contributed by atoms with van der Waals surface area (Å²) < 4.78 is 1.65. The lowest BCUT2D eigenvalue weighted by molar-refractivity contribution is 0.396. The van der Waals surface area contributed by atoms with Gasteiger partial charge in [0.2, 0.25) is 5.88 Å². The van der Waals surface area contributed by atoms with E-state index in [0.29, 0.717) is 5.92 Å². The number of aryl methyl sites for hydroxylation is 1. The minimum atomic E-state index is 0.278. The quantitative estimate of drug-likeness (QED) is 0.750. The first-order valence-electron chi connectivity index (χ1n) is 4.41. The molecule has 0 atom stereocenters. The van der Waals surface area contributed by atoms with Crippen molar-refractivity contribution in [3.05, 3.63) is 11.8 Å². The third kappa shape index (κ3) is 1.78. The summed E-state index contributed by atoms with van der Waals surface area (Å²) in [5.74, 6) is 0.662. The molecule has 1 aromatic heterocycles. The molecule has 0 aliphatic rings. The molecule has 1 heterocycles. The van der Waals surface area contributed by atoms with E-state index in [2.05, 4.69) is 25.9 Å². The van der Waals surface area contributed by atoms with Crippen molar-refractivity contribution in [2.24, 2.45) is 0 Å². The second-order valence-corrected chi connectivity index (χ2v) is 3.31. The van der Waals surface area contributed by atoms with Crippen LogP contribution in [0.5, 0.6) is 5.88 Å². The molecule has 68 valence electrons. The molecule has 3 heteroatoms. The molecule has 12 heavy (non-hydrogen) atoms. The lowest BCUT2D eigenvalue weighted by Crippen LogP contribution is -1.99. The Kier molecular flexibility index (Phi) is 2.74. The minimum Gasteiger partial charge on any atom is -0.493 e. The van der Waals surface area contributed by atoms with Crippen molar-refractivity contribution in [3.63, 3.8) is 0 Å². The molecule has 0 radical (unpaired) electrons. The van der Waals surface area contributed by atoms with Gasteiger partial charge in [-0.15, -0.1) is 0 Å². The minimum absolute atomic E-state index is 0.278. The third-order valence-corrected chi connectivity index (χ3v) is 1.80. The Morgan fingerprint density at radius 1 is 1.58 bits per heavy atom. The van der Waals surface area contributed by atoms with E-state index >= 15 is 0 Å². The van der Waals surface area contributed by atoms with Crippen LogP contribution in [0.1, 0.15) is 38.8 Å². The van der Waals surface area contributed by atoms with Crippen LogP contribution in [0, 0.1) is 0 Å². The van der Waals surface area contributed by atoms with Crippen LogP contribution < -0.4 is 0 Å². The Balaban J connectivity index is 2.85. The van der Waals surface area contributed by atoms with E-state index < -0.39 is 0 Å². The van der Waals surface area contributed by atoms with Crippen LogP contribution >= 0.6 is 0 Å². The molecule has 0 amide bonds. The van der Waals surface area contributed by atoms with E-state index in [9.17, 15) is 5.11 Å². The maximum absolute atomic E-state index is 9.41. The van der Waals surface area contributed by atoms with Gasteiger partial charge in [-0.25, -0.2) is 4.68 Å². The average molecular weight is 168 g/mol. The topological polar surface area (TPSA) is 38.0 Å². The fourth-order valence-electron chi connectivity index (χ4n) is 1.08. The molecule has 1 aromatic rings. The van der Waals surface area contributed by atoms with Gasteiger partial charge in [0.05, 0.1) is 5.69 Å². The molecule has 0 aliphatic heterocycles. The summed E-state index contributed by atoms with van der Waals surface area (Å²) in [6, 6.07) is 1.74. The molecule has 1 N–H and O–H groups in total. The second-order valence-electron chi connectivity index (χ2n) is 3.31. The zero-order valence-corrected chi connectivity index (χ0v) is 7.91. The van der Waals surface area contributed by atoms with Gasteiger partial charge in [0.1, 0.15) is 0 Å². The molecule has 0 saturated carbocycles. The molecule has 0 unspecified atom stereocenters. The first kappa shape index (κ1) is 9.10. The van der Waals surface area contributed by atoms with Crippen molar-refractivity contribution in [2.45, 2.75) is 39.7 Å². The van der Waals surface area contributed by atoms with Crippen LogP contribution in [0.2, 0.25) is 0 Å². The summed E-state index contributed by atoms with van der Waals surface area (Å²) in [7, 11) is 0. The zero-order valence-electron chi connectivity index (χ0n) is 7.91. The number of aromatic nitrogens is 2. The van der Waals surface area contributed by atoms with Crippen molar-refractivity contribution in [1.82, 2.24) is 9.78 Å². The summed E-state index contributed by atoms with van der Waals surface area (Å²) in [6.07, 6.45) is 0.993. The highest BCUT2D eigenvalue weighted by molar-refractivity contribution is 5.16. The Labute approximate surface area is 73.0 Å². The number of nitrogens with zero attached hydrogens (tertiary/aromatic N) is 2. The highest BCUT2D eigenvalue weighted by Crippen LogP contribution is 2.18. The lowest BCUT2D eigenvalue weighted by atomic mass is 10.1. The summed E-state index contributed by atoms with van der Waals surface area (Å²) in [5, 5.41) is 13.7. The smallest absolute Gasteiger partial charge is 0.209 e. The first-order chi connectivity index (χ1) is 5.65. The monoisotopic (exact) mass is 168 g/mol. The van der Waals surface area contributed by atoms with Crippen LogP contribution in [0.25, 0.3) is 0 Å². The summed E-state index contributed by atoms with van der Waals surface area (Å²) >= 11 is 0. The predicted octanol–water partition coefficient (Wildman–Crippen LogP) is 2.12. The van der Waals surface area contributed by atoms with Gasteiger partial charge in [-0.05, 0) is 12.3 Å². The van der Waals surface area contributed by atoms with Crippen LogP contribution in [0.4, 0.5) is 0 Å². The van der Waals surface area contributed by atoms with Crippen LogP contribution in [-0.2, 0) is 6.54 Å². The molecule has 0 aliphatic carbocycles. The Morgan fingerprint density at radius 3 is 2.67 bits per heavy atom. The van der Waals surface area contributed by atoms with Crippen LogP contribution in [-0.4, -0.2) is 14.9 Å². The van der Waals surface area contributed by atoms with Gasteiger partial charge in [0.25, 0.3) is 0 Å². The van der Waals surface area contributed by atoms with Crippen molar-refractivity contribution in [2.75, 3.05) is 0 Å². The van der Waals surface area contributed by atoms with Gasteiger partial charge in [-0.2, -0.15) is 5.10 Å². The SMILES string of the molecule is CCCn1nc(C(C)C)cc1O. The number of rotatable bonds is 3. The zero-order chi connectivity index (χ0) is 9.14.